The van der Waals surface area contributed by atoms with Crippen molar-refractivity contribution in [2.75, 3.05) is 13.2 Å². The van der Waals surface area contributed by atoms with Crippen molar-refractivity contribution in [3.05, 3.63) is 81.1 Å². The number of carbonyl (C=O) groups excluding carboxylic acids is 2. The van der Waals surface area contributed by atoms with Crippen LogP contribution in [0.1, 0.15) is 92.7 Å². The third-order valence-corrected chi connectivity index (χ3v) is 14.7. The van der Waals surface area contributed by atoms with E-state index in [4.69, 9.17) is 32.4 Å². The molecule has 1 aliphatic rings. The number of halogens is 6. The molecule has 1 amide bonds. The highest BCUT2D eigenvalue weighted by molar-refractivity contribution is 6.73. The number of ether oxygens (including phenoxy) is 1. The average molecular weight is 746 g/mol. The molecule has 4 rings (SSSR count). The van der Waals surface area contributed by atoms with E-state index < -0.39 is 55.5 Å². The Bertz CT molecular complexity index is 1550. The van der Waals surface area contributed by atoms with Gasteiger partial charge in [-0.15, -0.1) is 0 Å². The lowest BCUT2D eigenvalue weighted by Crippen LogP contribution is -2.42. The van der Waals surface area contributed by atoms with Crippen LogP contribution >= 0.6 is 23.2 Å². The molecule has 15 heteroatoms. The van der Waals surface area contributed by atoms with E-state index in [1.807, 2.05) is 20.8 Å². The van der Waals surface area contributed by atoms with Crippen LogP contribution in [0, 0.1) is 11.7 Å². The number of hydrogen-bond donors (Lipinski definition) is 0. The molecule has 1 aliphatic carbocycles. The largest absolute Gasteiger partial charge is 0.466 e. The zero-order valence-electron chi connectivity index (χ0n) is 28.0. The Labute approximate surface area is 295 Å². The van der Waals surface area contributed by atoms with Crippen molar-refractivity contribution in [2.45, 2.75) is 96.4 Å². The normalized spacial score (nSPS) is 17.5. The summed E-state index contributed by atoms with van der Waals surface area (Å²) in [5.41, 5.74) is -0.924. The van der Waals surface area contributed by atoms with Gasteiger partial charge in [0.1, 0.15) is 5.82 Å². The van der Waals surface area contributed by atoms with E-state index in [0.29, 0.717) is 24.0 Å². The van der Waals surface area contributed by atoms with Crippen LogP contribution in [0.2, 0.25) is 28.2 Å². The Kier molecular flexibility index (Phi) is 13.3. The third-order valence-electron chi connectivity index (χ3n) is 9.45. The Morgan fingerprint density at radius 1 is 0.980 bits per heavy atom. The van der Waals surface area contributed by atoms with Crippen molar-refractivity contribution in [1.82, 2.24) is 19.7 Å². The highest BCUT2D eigenvalue weighted by Gasteiger charge is 2.44. The van der Waals surface area contributed by atoms with Crippen LogP contribution in [0.5, 0.6) is 0 Å². The van der Waals surface area contributed by atoms with E-state index in [1.165, 1.54) is 41.6 Å². The van der Waals surface area contributed by atoms with Crippen molar-refractivity contribution >= 4 is 43.4 Å². The fourth-order valence-corrected chi connectivity index (χ4v) is 9.92. The molecule has 1 aromatic carbocycles. The van der Waals surface area contributed by atoms with Gasteiger partial charge in [0.05, 0.1) is 53.0 Å². The molecule has 1 fully saturated rings. The number of amides is 1. The van der Waals surface area contributed by atoms with Crippen molar-refractivity contribution in [1.29, 1.82) is 0 Å². The molecule has 0 spiro atoms. The number of nitrogens with zero attached hydrogens (tertiary/aromatic N) is 4. The molecule has 49 heavy (non-hydrogen) atoms. The average Bonchev–Trinajstić information content (AvgIpc) is 3.54. The summed E-state index contributed by atoms with van der Waals surface area (Å²) in [7, 11) is -2.42. The first-order valence-electron chi connectivity index (χ1n) is 16.6. The lowest BCUT2D eigenvalue weighted by atomic mass is 9.86. The Morgan fingerprint density at radius 3 is 2.10 bits per heavy atom. The Balaban J connectivity index is 1.77. The summed E-state index contributed by atoms with van der Waals surface area (Å²) in [6.07, 6.45) is -0.879. The SMILES string of the molecule is CCOC(=O)[C@H]1CC[C@H](n2ncc(C(=O)N(Cc3ccc(F)cc3)CC(O[Si](CC)(CC)CC)c3c(Cl)cncc3Cl)c2C(F)(F)F)CC1. The lowest BCUT2D eigenvalue weighted by molar-refractivity contribution is -0.151. The van der Waals surface area contributed by atoms with Gasteiger partial charge in [-0.1, -0.05) is 56.1 Å². The predicted octanol–water partition coefficient (Wildman–Crippen LogP) is 9.44. The lowest BCUT2D eigenvalue weighted by Gasteiger charge is -2.37. The second kappa shape index (κ2) is 16.8. The van der Waals surface area contributed by atoms with E-state index in [-0.39, 0.29) is 48.6 Å². The van der Waals surface area contributed by atoms with E-state index in [2.05, 4.69) is 10.1 Å². The maximum Gasteiger partial charge on any atom is 0.433 e. The smallest absolute Gasteiger partial charge is 0.433 e. The monoisotopic (exact) mass is 744 g/mol. The van der Waals surface area contributed by atoms with Gasteiger partial charge in [-0.3, -0.25) is 19.3 Å². The highest BCUT2D eigenvalue weighted by Crippen LogP contribution is 2.41. The number of aromatic nitrogens is 3. The fraction of sp³-hybridized carbons (Fsp3) is 0.529. The van der Waals surface area contributed by atoms with Crippen molar-refractivity contribution in [3.8, 4) is 0 Å². The zero-order valence-corrected chi connectivity index (χ0v) is 30.5. The molecule has 3 aromatic rings. The molecule has 2 aromatic heterocycles. The van der Waals surface area contributed by atoms with Crippen LogP contribution < -0.4 is 0 Å². The van der Waals surface area contributed by atoms with Crippen molar-refractivity contribution in [3.63, 3.8) is 0 Å². The Morgan fingerprint density at radius 2 is 1.57 bits per heavy atom. The summed E-state index contributed by atoms with van der Waals surface area (Å²) >= 11 is 13.2. The van der Waals surface area contributed by atoms with Gasteiger partial charge in [0, 0.05) is 24.5 Å². The Hall–Kier alpha value is -3.00. The summed E-state index contributed by atoms with van der Waals surface area (Å²) in [5.74, 6) is -2.20. The number of rotatable bonds is 14. The van der Waals surface area contributed by atoms with E-state index in [0.717, 1.165) is 29.0 Å². The van der Waals surface area contributed by atoms with Gasteiger partial charge in [0.2, 0.25) is 0 Å². The molecule has 1 atom stereocenters. The molecular weight excluding hydrogens is 703 g/mol. The topological polar surface area (TPSA) is 86.6 Å². The zero-order chi connectivity index (χ0) is 35.9. The summed E-state index contributed by atoms with van der Waals surface area (Å²) < 4.78 is 71.3. The predicted molar refractivity (Wildman–Crippen MR) is 181 cm³/mol. The van der Waals surface area contributed by atoms with E-state index in [1.54, 1.807) is 6.92 Å². The van der Waals surface area contributed by atoms with Gasteiger partial charge in [-0.25, -0.2) is 4.39 Å². The molecule has 268 valence electrons. The summed E-state index contributed by atoms with van der Waals surface area (Å²) in [6, 6.07) is 6.93. The summed E-state index contributed by atoms with van der Waals surface area (Å²) in [6.45, 7) is 7.63. The van der Waals surface area contributed by atoms with Crippen LogP contribution in [0.4, 0.5) is 17.6 Å². The first-order chi connectivity index (χ1) is 23.3. The van der Waals surface area contributed by atoms with Crippen molar-refractivity contribution < 1.29 is 36.3 Å². The highest BCUT2D eigenvalue weighted by atomic mass is 35.5. The minimum Gasteiger partial charge on any atom is -0.466 e. The van der Waals surface area contributed by atoms with E-state index >= 15 is 0 Å². The molecule has 1 saturated carbocycles. The van der Waals surface area contributed by atoms with Gasteiger partial charge >= 0.3 is 12.1 Å². The molecular formula is C34H42Cl2F4N4O4Si. The molecule has 0 N–H and O–H groups in total. The van der Waals surface area contributed by atoms with Gasteiger partial charge in [-0.2, -0.15) is 18.3 Å². The summed E-state index contributed by atoms with van der Waals surface area (Å²) in [4.78, 5) is 32.0. The second-order valence-corrected chi connectivity index (χ2v) is 17.8. The third kappa shape index (κ3) is 9.22. The minimum atomic E-state index is -4.93. The van der Waals surface area contributed by atoms with Gasteiger partial charge in [0.25, 0.3) is 5.91 Å². The fourth-order valence-electron chi connectivity index (χ4n) is 6.51. The first kappa shape index (κ1) is 38.8. The molecule has 0 radical (unpaired) electrons. The number of pyridine rings is 1. The van der Waals surface area contributed by atoms with E-state index in [9.17, 15) is 27.2 Å². The minimum absolute atomic E-state index is 0.161. The van der Waals surface area contributed by atoms with Gasteiger partial charge in [-0.05, 0) is 68.4 Å². The molecule has 8 nitrogen and oxygen atoms in total. The molecule has 0 bridgehead atoms. The number of alkyl halides is 3. The maximum absolute atomic E-state index is 14.9. The molecule has 1 unspecified atom stereocenters. The number of esters is 1. The van der Waals surface area contributed by atoms with Gasteiger partial charge in [0.15, 0.2) is 14.0 Å². The number of hydrogen-bond acceptors (Lipinski definition) is 6. The first-order valence-corrected chi connectivity index (χ1v) is 19.9. The quantitative estimate of drug-likeness (QED) is 0.0929. The number of carbonyl (C=O) groups is 2. The molecule has 2 heterocycles. The van der Waals surface area contributed by atoms with Crippen molar-refractivity contribution in [2.24, 2.45) is 5.92 Å². The molecule has 0 aliphatic heterocycles. The maximum atomic E-state index is 14.9. The number of benzene rings is 1. The van der Waals surface area contributed by atoms with Crippen LogP contribution in [-0.4, -0.2) is 53.0 Å². The summed E-state index contributed by atoms with van der Waals surface area (Å²) in [5, 5.41) is 4.50. The van der Waals surface area contributed by atoms with Gasteiger partial charge < -0.3 is 14.1 Å². The standard InChI is InChI=1S/C34H42Cl2F4N4O4Si/c1-5-47-33(46)23-11-15-25(16-12-23)44-31(34(38,39)40)26(17-42-44)32(45)43(20-22-9-13-24(37)14-10-22)21-29(48-49(6-2,7-3)8-4)30-27(35)18-41-19-28(30)36/h9-10,13-14,17-19,23,25,29H,5-8,11-12,15-16,20-21H2,1-4H3/t23-,25-,29?. The van der Waals surface area contributed by atoms with Crippen LogP contribution in [0.15, 0.2) is 42.9 Å². The second-order valence-electron chi connectivity index (χ2n) is 12.3. The van der Waals surface area contributed by atoms with Crippen LogP contribution in [0.25, 0.3) is 0 Å². The van der Waals surface area contributed by atoms with Crippen LogP contribution in [-0.2, 0) is 26.7 Å². The molecule has 0 saturated heterocycles. The van der Waals surface area contributed by atoms with Crippen LogP contribution in [0.3, 0.4) is 0 Å².